The van der Waals surface area contributed by atoms with Crippen LogP contribution in [-0.4, -0.2) is 33.8 Å². The Balaban J connectivity index is 1.18. The van der Waals surface area contributed by atoms with Crippen molar-refractivity contribution in [2.75, 3.05) is 18.0 Å². The molecule has 0 atom stereocenters. The van der Waals surface area contributed by atoms with E-state index in [-0.39, 0.29) is 23.4 Å². The lowest BCUT2D eigenvalue weighted by atomic mass is 9.95. The van der Waals surface area contributed by atoms with Crippen LogP contribution in [0.2, 0.25) is 0 Å². The second kappa shape index (κ2) is 10.1. The number of carbonyl (C=O) groups excluding carboxylic acids is 1. The third-order valence-corrected chi connectivity index (χ3v) is 6.75. The van der Waals surface area contributed by atoms with E-state index in [4.69, 9.17) is 8.83 Å². The molecule has 1 N–H and O–H groups in total. The normalized spacial score (nSPS) is 14.1. The first-order valence-corrected chi connectivity index (χ1v) is 12.1. The predicted molar refractivity (Wildman–Crippen MR) is 133 cm³/mol. The minimum absolute atomic E-state index is 0.0404. The standard InChI is InChI=1S/C27H28N6O3/c1-18-22(19(2)33(31-18)17-20-7-4-3-5-8-20)16-29-25(34)21-10-12-32(13-11-21)27-23(15-28)30-26(36-27)24-9-6-14-35-24/h3-9,14,21H,10-13,16-17H2,1-2H3,(H,29,34). The van der Waals surface area contributed by atoms with Gasteiger partial charge in [0.15, 0.2) is 5.76 Å². The van der Waals surface area contributed by atoms with Crippen LogP contribution in [0.5, 0.6) is 0 Å². The van der Waals surface area contributed by atoms with Crippen molar-refractivity contribution in [2.24, 2.45) is 5.92 Å². The lowest BCUT2D eigenvalue weighted by Crippen LogP contribution is -2.40. The number of rotatable bonds is 7. The molecule has 1 fully saturated rings. The molecule has 5 rings (SSSR count). The molecular formula is C27H28N6O3. The molecule has 36 heavy (non-hydrogen) atoms. The van der Waals surface area contributed by atoms with Gasteiger partial charge >= 0.3 is 0 Å². The minimum Gasteiger partial charge on any atom is -0.459 e. The molecule has 1 aromatic carbocycles. The third-order valence-electron chi connectivity index (χ3n) is 6.75. The summed E-state index contributed by atoms with van der Waals surface area (Å²) >= 11 is 0. The van der Waals surface area contributed by atoms with Crippen molar-refractivity contribution in [3.05, 3.63) is 76.9 Å². The number of nitrogens with zero attached hydrogens (tertiary/aromatic N) is 5. The fraction of sp³-hybridized carbons (Fsp3) is 0.333. The van der Waals surface area contributed by atoms with Gasteiger partial charge in [0.25, 0.3) is 5.89 Å². The minimum atomic E-state index is -0.0979. The first-order chi connectivity index (χ1) is 17.5. The van der Waals surface area contributed by atoms with E-state index >= 15 is 0 Å². The van der Waals surface area contributed by atoms with Crippen molar-refractivity contribution >= 4 is 11.8 Å². The van der Waals surface area contributed by atoms with Crippen LogP contribution < -0.4 is 10.2 Å². The molecule has 1 saturated heterocycles. The fourth-order valence-electron chi connectivity index (χ4n) is 4.67. The van der Waals surface area contributed by atoms with Crippen LogP contribution in [0.1, 0.15) is 41.1 Å². The Labute approximate surface area is 209 Å². The summed E-state index contributed by atoms with van der Waals surface area (Å²) in [6.45, 7) is 6.39. The largest absolute Gasteiger partial charge is 0.459 e. The predicted octanol–water partition coefficient (Wildman–Crippen LogP) is 4.20. The lowest BCUT2D eigenvalue weighted by Gasteiger charge is -2.31. The summed E-state index contributed by atoms with van der Waals surface area (Å²) in [6, 6.07) is 15.8. The quantitative estimate of drug-likeness (QED) is 0.418. The van der Waals surface area contributed by atoms with Gasteiger partial charge in [0.1, 0.15) is 6.07 Å². The number of piperidine rings is 1. The summed E-state index contributed by atoms with van der Waals surface area (Å²) in [5, 5.41) is 17.3. The second-order valence-corrected chi connectivity index (χ2v) is 9.03. The summed E-state index contributed by atoms with van der Waals surface area (Å²) in [7, 11) is 0. The molecule has 0 aliphatic carbocycles. The van der Waals surface area contributed by atoms with Crippen molar-refractivity contribution in [1.29, 1.82) is 5.26 Å². The summed E-state index contributed by atoms with van der Waals surface area (Å²) in [4.78, 5) is 19.2. The zero-order valence-electron chi connectivity index (χ0n) is 20.4. The monoisotopic (exact) mass is 484 g/mol. The van der Waals surface area contributed by atoms with Gasteiger partial charge in [-0.05, 0) is 44.4 Å². The molecule has 0 spiro atoms. The van der Waals surface area contributed by atoms with Gasteiger partial charge in [-0.1, -0.05) is 30.3 Å². The molecule has 3 aromatic heterocycles. The first kappa shape index (κ1) is 23.4. The number of furan rings is 1. The molecule has 4 heterocycles. The Kier molecular flexibility index (Phi) is 6.58. The Morgan fingerprint density at radius 3 is 2.64 bits per heavy atom. The van der Waals surface area contributed by atoms with Crippen LogP contribution in [0, 0.1) is 31.1 Å². The van der Waals surface area contributed by atoms with Gasteiger partial charge in [-0.15, -0.1) is 0 Å². The number of nitriles is 1. The van der Waals surface area contributed by atoms with Gasteiger partial charge in [-0.2, -0.15) is 15.3 Å². The molecule has 0 radical (unpaired) electrons. The number of nitrogens with one attached hydrogen (secondary N) is 1. The van der Waals surface area contributed by atoms with Crippen LogP contribution in [-0.2, 0) is 17.9 Å². The van der Waals surface area contributed by atoms with Gasteiger partial charge in [0, 0.05) is 36.8 Å². The van der Waals surface area contributed by atoms with Gasteiger partial charge in [-0.25, -0.2) is 0 Å². The third kappa shape index (κ3) is 4.75. The van der Waals surface area contributed by atoms with Crippen LogP contribution in [0.15, 0.2) is 57.6 Å². The van der Waals surface area contributed by atoms with E-state index < -0.39 is 0 Å². The maximum atomic E-state index is 13.0. The number of benzene rings is 1. The van der Waals surface area contributed by atoms with Crippen LogP contribution in [0.25, 0.3) is 11.7 Å². The molecule has 0 bridgehead atoms. The zero-order valence-corrected chi connectivity index (χ0v) is 20.4. The van der Waals surface area contributed by atoms with Crippen molar-refractivity contribution in [3.8, 4) is 17.7 Å². The maximum absolute atomic E-state index is 13.0. The van der Waals surface area contributed by atoms with E-state index in [1.54, 1.807) is 12.1 Å². The highest BCUT2D eigenvalue weighted by Crippen LogP contribution is 2.31. The van der Waals surface area contributed by atoms with Crippen LogP contribution >= 0.6 is 0 Å². The highest BCUT2D eigenvalue weighted by atomic mass is 16.4. The number of aromatic nitrogens is 3. The molecule has 4 aromatic rings. The second-order valence-electron chi connectivity index (χ2n) is 9.03. The topological polar surface area (TPSA) is 113 Å². The Hall–Kier alpha value is -4.32. The average Bonchev–Trinajstić information content (AvgIpc) is 3.64. The zero-order chi connectivity index (χ0) is 25.1. The number of oxazole rings is 1. The molecule has 0 saturated carbocycles. The summed E-state index contributed by atoms with van der Waals surface area (Å²) in [6.07, 6.45) is 2.87. The molecule has 0 unspecified atom stereocenters. The summed E-state index contributed by atoms with van der Waals surface area (Å²) < 4.78 is 13.2. The van der Waals surface area contributed by atoms with Crippen molar-refractivity contribution in [2.45, 2.75) is 39.8 Å². The Bertz CT molecular complexity index is 1370. The van der Waals surface area contributed by atoms with Crippen LogP contribution in [0.3, 0.4) is 0 Å². The number of hydrogen-bond acceptors (Lipinski definition) is 7. The van der Waals surface area contributed by atoms with Crippen molar-refractivity contribution < 1.29 is 13.6 Å². The van der Waals surface area contributed by atoms with E-state index in [0.717, 1.165) is 17.0 Å². The van der Waals surface area contributed by atoms with Crippen molar-refractivity contribution in [1.82, 2.24) is 20.1 Å². The number of carbonyl (C=O) groups is 1. The van der Waals surface area contributed by atoms with Crippen molar-refractivity contribution in [3.63, 3.8) is 0 Å². The smallest absolute Gasteiger partial charge is 0.266 e. The van der Waals surface area contributed by atoms with Gasteiger partial charge in [-0.3, -0.25) is 9.48 Å². The molecule has 9 heteroatoms. The molecule has 1 aliphatic rings. The number of aryl methyl sites for hydroxylation is 1. The van der Waals surface area contributed by atoms with Gasteiger partial charge in [0.2, 0.25) is 17.5 Å². The Morgan fingerprint density at radius 2 is 1.94 bits per heavy atom. The average molecular weight is 485 g/mol. The lowest BCUT2D eigenvalue weighted by molar-refractivity contribution is -0.125. The molecular weight excluding hydrogens is 456 g/mol. The van der Waals surface area contributed by atoms with E-state index in [9.17, 15) is 10.1 Å². The van der Waals surface area contributed by atoms with E-state index in [1.165, 1.54) is 11.8 Å². The van der Waals surface area contributed by atoms with Gasteiger partial charge in [0.05, 0.1) is 18.5 Å². The summed E-state index contributed by atoms with van der Waals surface area (Å²) in [5.74, 6) is 1.13. The van der Waals surface area contributed by atoms with E-state index in [2.05, 4.69) is 33.6 Å². The number of anilines is 1. The fourth-order valence-corrected chi connectivity index (χ4v) is 4.67. The number of hydrogen-bond donors (Lipinski definition) is 1. The molecule has 1 amide bonds. The summed E-state index contributed by atoms with van der Waals surface area (Å²) in [5.41, 5.74) is 4.46. The first-order valence-electron chi connectivity index (χ1n) is 12.1. The Morgan fingerprint density at radius 1 is 1.17 bits per heavy atom. The van der Waals surface area contributed by atoms with Crippen LogP contribution in [0.4, 0.5) is 5.88 Å². The number of amides is 1. The molecule has 184 valence electrons. The van der Waals surface area contributed by atoms with E-state index in [1.807, 2.05) is 41.6 Å². The van der Waals surface area contributed by atoms with Gasteiger partial charge < -0.3 is 19.1 Å². The molecule has 1 aliphatic heterocycles. The maximum Gasteiger partial charge on any atom is 0.266 e. The molecule has 9 nitrogen and oxygen atoms in total. The SMILES string of the molecule is Cc1nn(Cc2ccccc2)c(C)c1CNC(=O)C1CCN(c2oc(-c3ccco3)nc2C#N)CC1. The highest BCUT2D eigenvalue weighted by Gasteiger charge is 2.29. The van der Waals surface area contributed by atoms with E-state index in [0.29, 0.717) is 50.7 Å². The highest BCUT2D eigenvalue weighted by molar-refractivity contribution is 5.79.